The molecule has 1 heterocycles. The SMILES string of the molecule is N#Cc1ncccc1OS(=O)(=O)c1ccccc1. The van der Waals surface area contributed by atoms with E-state index in [9.17, 15) is 8.42 Å². The molecule has 0 bridgehead atoms. The van der Waals surface area contributed by atoms with Crippen molar-refractivity contribution in [2.24, 2.45) is 0 Å². The van der Waals surface area contributed by atoms with Crippen LogP contribution in [0.4, 0.5) is 0 Å². The zero-order chi connectivity index (χ0) is 13.0. The topological polar surface area (TPSA) is 80.0 Å². The van der Waals surface area contributed by atoms with E-state index in [-0.39, 0.29) is 16.3 Å². The van der Waals surface area contributed by atoms with E-state index in [1.54, 1.807) is 24.3 Å². The maximum absolute atomic E-state index is 11.9. The summed E-state index contributed by atoms with van der Waals surface area (Å²) in [5, 5.41) is 8.80. The van der Waals surface area contributed by atoms with Crippen LogP contribution in [0.5, 0.6) is 5.75 Å². The van der Waals surface area contributed by atoms with Gasteiger partial charge in [0.1, 0.15) is 11.0 Å². The van der Waals surface area contributed by atoms with Gasteiger partial charge in [0.15, 0.2) is 11.4 Å². The van der Waals surface area contributed by atoms with E-state index >= 15 is 0 Å². The molecule has 5 nitrogen and oxygen atoms in total. The van der Waals surface area contributed by atoms with Gasteiger partial charge in [-0.2, -0.15) is 13.7 Å². The molecular weight excluding hydrogens is 252 g/mol. The number of rotatable bonds is 3. The summed E-state index contributed by atoms with van der Waals surface area (Å²) < 4.78 is 28.7. The molecule has 1 aromatic carbocycles. The van der Waals surface area contributed by atoms with Crippen molar-refractivity contribution in [3.8, 4) is 11.8 Å². The maximum Gasteiger partial charge on any atom is 0.339 e. The van der Waals surface area contributed by atoms with Gasteiger partial charge in [-0.15, -0.1) is 0 Å². The number of aromatic nitrogens is 1. The van der Waals surface area contributed by atoms with Gasteiger partial charge in [-0.05, 0) is 24.3 Å². The molecule has 1 aromatic heterocycles. The monoisotopic (exact) mass is 260 g/mol. The van der Waals surface area contributed by atoms with E-state index in [0.717, 1.165) is 0 Å². The Balaban J connectivity index is 2.38. The van der Waals surface area contributed by atoms with Crippen molar-refractivity contribution in [1.29, 1.82) is 5.26 Å². The Bertz CT molecular complexity index is 691. The number of pyridine rings is 1. The van der Waals surface area contributed by atoms with Gasteiger partial charge in [0.25, 0.3) is 0 Å². The summed E-state index contributed by atoms with van der Waals surface area (Å²) in [6, 6.07) is 12.3. The van der Waals surface area contributed by atoms with Crippen LogP contribution in [0.25, 0.3) is 0 Å². The fraction of sp³-hybridized carbons (Fsp3) is 0. The van der Waals surface area contributed by atoms with Crippen molar-refractivity contribution in [3.63, 3.8) is 0 Å². The molecule has 0 fully saturated rings. The largest absolute Gasteiger partial charge is 0.376 e. The Kier molecular flexibility index (Phi) is 3.26. The van der Waals surface area contributed by atoms with Crippen LogP contribution in [0.2, 0.25) is 0 Å². The summed E-state index contributed by atoms with van der Waals surface area (Å²) in [5.74, 6) is -0.0798. The molecule has 0 saturated heterocycles. The molecule has 0 radical (unpaired) electrons. The van der Waals surface area contributed by atoms with E-state index in [4.69, 9.17) is 9.44 Å². The Labute approximate surface area is 104 Å². The summed E-state index contributed by atoms with van der Waals surface area (Å²) >= 11 is 0. The van der Waals surface area contributed by atoms with Gasteiger partial charge in [-0.3, -0.25) is 0 Å². The van der Waals surface area contributed by atoms with Crippen LogP contribution in [0.1, 0.15) is 5.69 Å². The van der Waals surface area contributed by atoms with Gasteiger partial charge in [0, 0.05) is 6.20 Å². The molecule has 18 heavy (non-hydrogen) atoms. The zero-order valence-electron chi connectivity index (χ0n) is 9.15. The molecule has 0 spiro atoms. The standard InChI is InChI=1S/C12H8N2O3S/c13-9-11-12(7-4-8-14-11)17-18(15,16)10-5-2-1-3-6-10/h1-8H. The number of nitrogens with zero attached hydrogens (tertiary/aromatic N) is 2. The van der Waals surface area contributed by atoms with Gasteiger partial charge in [0.05, 0.1) is 0 Å². The second kappa shape index (κ2) is 4.85. The van der Waals surface area contributed by atoms with Crippen LogP contribution in [-0.4, -0.2) is 13.4 Å². The molecule has 2 aromatic rings. The molecule has 90 valence electrons. The average molecular weight is 260 g/mol. The van der Waals surface area contributed by atoms with E-state index < -0.39 is 10.1 Å². The second-order valence-corrected chi connectivity index (χ2v) is 4.86. The molecule has 0 saturated carbocycles. The van der Waals surface area contributed by atoms with E-state index in [0.29, 0.717) is 0 Å². The highest BCUT2D eigenvalue weighted by Gasteiger charge is 2.18. The van der Waals surface area contributed by atoms with Crippen LogP contribution < -0.4 is 4.18 Å². The lowest BCUT2D eigenvalue weighted by Gasteiger charge is -2.07. The second-order valence-electron chi connectivity index (χ2n) is 3.31. The molecule has 0 aliphatic heterocycles. The van der Waals surface area contributed by atoms with Crippen LogP contribution in [0.15, 0.2) is 53.6 Å². The molecule has 0 aliphatic carbocycles. The highest BCUT2D eigenvalue weighted by molar-refractivity contribution is 7.87. The first-order valence-electron chi connectivity index (χ1n) is 4.98. The molecule has 0 N–H and O–H groups in total. The number of hydrogen-bond acceptors (Lipinski definition) is 5. The van der Waals surface area contributed by atoms with Gasteiger partial charge in [-0.25, -0.2) is 4.98 Å². The highest BCUT2D eigenvalue weighted by Crippen LogP contribution is 2.20. The normalized spacial score (nSPS) is 10.6. The van der Waals surface area contributed by atoms with Crippen molar-refractivity contribution in [2.75, 3.05) is 0 Å². The Hall–Kier alpha value is -2.39. The lowest BCUT2D eigenvalue weighted by atomic mass is 10.3. The Morgan fingerprint density at radius 3 is 2.50 bits per heavy atom. The van der Waals surface area contributed by atoms with Crippen LogP contribution in [-0.2, 0) is 10.1 Å². The number of hydrogen-bond donors (Lipinski definition) is 0. The summed E-state index contributed by atoms with van der Waals surface area (Å²) in [4.78, 5) is 3.75. The number of benzene rings is 1. The Morgan fingerprint density at radius 1 is 1.11 bits per heavy atom. The molecule has 0 atom stereocenters. The average Bonchev–Trinajstić information content (AvgIpc) is 2.40. The zero-order valence-corrected chi connectivity index (χ0v) is 9.96. The lowest BCUT2D eigenvalue weighted by Crippen LogP contribution is -2.10. The van der Waals surface area contributed by atoms with Gasteiger partial charge >= 0.3 is 10.1 Å². The van der Waals surface area contributed by atoms with Crippen molar-refractivity contribution in [2.45, 2.75) is 4.90 Å². The van der Waals surface area contributed by atoms with Gasteiger partial charge in [0.2, 0.25) is 0 Å². The first kappa shape index (κ1) is 12.1. The summed E-state index contributed by atoms with van der Waals surface area (Å²) in [6.07, 6.45) is 1.39. The van der Waals surface area contributed by atoms with E-state index in [1.165, 1.54) is 30.5 Å². The summed E-state index contributed by atoms with van der Waals surface area (Å²) in [7, 11) is -3.94. The van der Waals surface area contributed by atoms with Crippen molar-refractivity contribution in [1.82, 2.24) is 4.98 Å². The van der Waals surface area contributed by atoms with Crippen LogP contribution >= 0.6 is 0 Å². The third-order valence-electron chi connectivity index (χ3n) is 2.11. The fourth-order valence-electron chi connectivity index (χ4n) is 1.30. The highest BCUT2D eigenvalue weighted by atomic mass is 32.2. The quantitative estimate of drug-likeness (QED) is 0.785. The van der Waals surface area contributed by atoms with Gasteiger partial charge in [-0.1, -0.05) is 18.2 Å². The molecule has 0 amide bonds. The minimum Gasteiger partial charge on any atom is -0.376 e. The summed E-state index contributed by atoms with van der Waals surface area (Å²) in [5.41, 5.74) is -0.0722. The van der Waals surface area contributed by atoms with Gasteiger partial charge < -0.3 is 4.18 Å². The predicted molar refractivity (Wildman–Crippen MR) is 63.2 cm³/mol. The van der Waals surface area contributed by atoms with Crippen molar-refractivity contribution < 1.29 is 12.6 Å². The lowest BCUT2D eigenvalue weighted by molar-refractivity contribution is 0.484. The van der Waals surface area contributed by atoms with E-state index in [2.05, 4.69) is 4.98 Å². The van der Waals surface area contributed by atoms with Crippen LogP contribution in [0.3, 0.4) is 0 Å². The molecule has 2 rings (SSSR count). The first-order valence-corrected chi connectivity index (χ1v) is 6.39. The number of nitriles is 1. The third-order valence-corrected chi connectivity index (χ3v) is 3.36. The molecular formula is C12H8N2O3S. The third kappa shape index (κ3) is 2.47. The molecule has 0 aliphatic rings. The smallest absolute Gasteiger partial charge is 0.339 e. The molecule has 6 heteroatoms. The van der Waals surface area contributed by atoms with Crippen molar-refractivity contribution >= 4 is 10.1 Å². The van der Waals surface area contributed by atoms with E-state index in [1.807, 2.05) is 0 Å². The first-order chi connectivity index (χ1) is 8.63. The maximum atomic E-state index is 11.9. The Morgan fingerprint density at radius 2 is 1.83 bits per heavy atom. The molecule has 0 unspecified atom stereocenters. The minimum atomic E-state index is -3.94. The van der Waals surface area contributed by atoms with Crippen molar-refractivity contribution in [3.05, 3.63) is 54.4 Å². The minimum absolute atomic E-state index is 0.0257. The predicted octanol–water partition coefficient (Wildman–Crippen LogP) is 1.72. The fourth-order valence-corrected chi connectivity index (χ4v) is 2.25. The van der Waals surface area contributed by atoms with Crippen LogP contribution in [0, 0.1) is 11.3 Å². The summed E-state index contributed by atoms with van der Waals surface area (Å²) in [6.45, 7) is 0.